The summed E-state index contributed by atoms with van der Waals surface area (Å²) in [5.41, 5.74) is 9.80. The van der Waals surface area contributed by atoms with E-state index in [1.165, 1.54) is 0 Å². The standard InChI is InChI=1S/C16H14N4O/c1-18-16(21)12-9-14(10-4-6-11(17)7-5-10)20-13-3-2-8-19-15(12)13/h2-9H,17H2,1H3,(H,18,21). The van der Waals surface area contributed by atoms with Crippen molar-refractivity contribution in [1.29, 1.82) is 0 Å². The lowest BCUT2D eigenvalue weighted by atomic mass is 10.1. The minimum absolute atomic E-state index is 0.183. The van der Waals surface area contributed by atoms with Crippen LogP contribution in [0, 0.1) is 0 Å². The normalized spacial score (nSPS) is 10.5. The Morgan fingerprint density at radius 1 is 1.19 bits per heavy atom. The number of hydrogen-bond donors (Lipinski definition) is 2. The van der Waals surface area contributed by atoms with Crippen LogP contribution in [-0.2, 0) is 0 Å². The molecule has 0 saturated heterocycles. The maximum absolute atomic E-state index is 12.1. The molecule has 1 aromatic carbocycles. The second-order valence-corrected chi connectivity index (χ2v) is 4.63. The Balaban J connectivity index is 2.25. The predicted molar refractivity (Wildman–Crippen MR) is 82.8 cm³/mol. The van der Waals surface area contributed by atoms with Crippen molar-refractivity contribution in [2.75, 3.05) is 12.8 Å². The molecule has 2 heterocycles. The first-order valence-electron chi connectivity index (χ1n) is 6.53. The SMILES string of the molecule is CNC(=O)c1cc(-c2ccc(N)cc2)nc2cccnc12. The first-order chi connectivity index (χ1) is 10.2. The lowest BCUT2D eigenvalue weighted by molar-refractivity contribution is 0.0964. The van der Waals surface area contributed by atoms with E-state index in [0.29, 0.717) is 28.0 Å². The second-order valence-electron chi connectivity index (χ2n) is 4.63. The maximum atomic E-state index is 12.1. The van der Waals surface area contributed by atoms with Crippen LogP contribution in [0.25, 0.3) is 22.3 Å². The van der Waals surface area contributed by atoms with Gasteiger partial charge in [-0.25, -0.2) is 4.98 Å². The van der Waals surface area contributed by atoms with Gasteiger partial charge in [-0.1, -0.05) is 12.1 Å². The molecule has 0 fully saturated rings. The van der Waals surface area contributed by atoms with Gasteiger partial charge in [-0.3, -0.25) is 9.78 Å². The second kappa shape index (κ2) is 5.20. The number of amides is 1. The highest BCUT2D eigenvalue weighted by Gasteiger charge is 2.13. The summed E-state index contributed by atoms with van der Waals surface area (Å²) < 4.78 is 0. The Bertz CT molecular complexity index is 812. The lowest BCUT2D eigenvalue weighted by Crippen LogP contribution is -2.18. The Labute approximate surface area is 121 Å². The number of aromatic nitrogens is 2. The van der Waals surface area contributed by atoms with Crippen LogP contribution in [0.1, 0.15) is 10.4 Å². The number of nitrogens with two attached hydrogens (primary N) is 1. The summed E-state index contributed by atoms with van der Waals surface area (Å²) >= 11 is 0. The average molecular weight is 278 g/mol. The minimum atomic E-state index is -0.183. The van der Waals surface area contributed by atoms with Crippen molar-refractivity contribution >= 4 is 22.6 Å². The van der Waals surface area contributed by atoms with E-state index in [1.54, 1.807) is 25.4 Å². The van der Waals surface area contributed by atoms with Gasteiger partial charge in [-0.05, 0) is 30.3 Å². The van der Waals surface area contributed by atoms with Gasteiger partial charge in [-0.15, -0.1) is 0 Å². The third kappa shape index (κ3) is 2.41. The highest BCUT2D eigenvalue weighted by Crippen LogP contribution is 2.24. The van der Waals surface area contributed by atoms with E-state index in [-0.39, 0.29) is 5.91 Å². The molecule has 0 spiro atoms. The Hall–Kier alpha value is -2.95. The average Bonchev–Trinajstić information content (AvgIpc) is 2.53. The number of carbonyl (C=O) groups excluding carboxylic acids is 1. The Kier molecular flexibility index (Phi) is 3.23. The molecular formula is C16H14N4O. The highest BCUT2D eigenvalue weighted by atomic mass is 16.1. The fourth-order valence-corrected chi connectivity index (χ4v) is 2.17. The molecule has 21 heavy (non-hydrogen) atoms. The molecule has 5 nitrogen and oxygen atoms in total. The number of anilines is 1. The Morgan fingerprint density at radius 3 is 2.67 bits per heavy atom. The molecular weight excluding hydrogens is 264 g/mol. The van der Waals surface area contributed by atoms with E-state index in [1.807, 2.05) is 30.3 Å². The Morgan fingerprint density at radius 2 is 1.95 bits per heavy atom. The van der Waals surface area contributed by atoms with Crippen molar-refractivity contribution in [2.45, 2.75) is 0 Å². The summed E-state index contributed by atoms with van der Waals surface area (Å²) in [5.74, 6) is -0.183. The van der Waals surface area contributed by atoms with Crippen molar-refractivity contribution in [2.24, 2.45) is 0 Å². The number of benzene rings is 1. The van der Waals surface area contributed by atoms with E-state index in [2.05, 4.69) is 15.3 Å². The summed E-state index contributed by atoms with van der Waals surface area (Å²) in [7, 11) is 1.60. The molecule has 0 bridgehead atoms. The van der Waals surface area contributed by atoms with Crippen LogP contribution in [-0.4, -0.2) is 22.9 Å². The van der Waals surface area contributed by atoms with Gasteiger partial charge in [-0.2, -0.15) is 0 Å². The number of hydrogen-bond acceptors (Lipinski definition) is 4. The number of carbonyl (C=O) groups is 1. The number of nitrogen functional groups attached to an aromatic ring is 1. The van der Waals surface area contributed by atoms with Crippen molar-refractivity contribution in [1.82, 2.24) is 15.3 Å². The van der Waals surface area contributed by atoms with Crippen LogP contribution in [0.3, 0.4) is 0 Å². The van der Waals surface area contributed by atoms with Gasteiger partial charge in [0.25, 0.3) is 5.91 Å². The molecule has 3 rings (SSSR count). The number of pyridine rings is 2. The fraction of sp³-hybridized carbons (Fsp3) is 0.0625. The van der Waals surface area contributed by atoms with E-state index >= 15 is 0 Å². The van der Waals surface area contributed by atoms with Gasteiger partial charge in [0.1, 0.15) is 5.52 Å². The smallest absolute Gasteiger partial charge is 0.253 e. The molecule has 104 valence electrons. The molecule has 0 aliphatic heterocycles. The molecule has 0 saturated carbocycles. The van der Waals surface area contributed by atoms with Gasteiger partial charge < -0.3 is 11.1 Å². The highest BCUT2D eigenvalue weighted by molar-refractivity contribution is 6.05. The zero-order chi connectivity index (χ0) is 14.8. The maximum Gasteiger partial charge on any atom is 0.253 e. The van der Waals surface area contributed by atoms with Gasteiger partial charge in [0.05, 0.1) is 16.8 Å². The van der Waals surface area contributed by atoms with Crippen LogP contribution >= 0.6 is 0 Å². The van der Waals surface area contributed by atoms with E-state index in [0.717, 1.165) is 5.56 Å². The first kappa shape index (κ1) is 13.1. The van der Waals surface area contributed by atoms with Gasteiger partial charge >= 0.3 is 0 Å². The molecule has 5 heteroatoms. The van der Waals surface area contributed by atoms with Crippen molar-refractivity contribution in [3.8, 4) is 11.3 Å². The van der Waals surface area contributed by atoms with Crippen LogP contribution in [0.4, 0.5) is 5.69 Å². The van der Waals surface area contributed by atoms with Crippen molar-refractivity contribution < 1.29 is 4.79 Å². The zero-order valence-corrected chi connectivity index (χ0v) is 11.5. The third-order valence-electron chi connectivity index (χ3n) is 3.24. The first-order valence-corrected chi connectivity index (χ1v) is 6.53. The topological polar surface area (TPSA) is 80.9 Å². The molecule has 3 aromatic rings. The minimum Gasteiger partial charge on any atom is -0.399 e. The van der Waals surface area contributed by atoms with Gasteiger partial charge in [0, 0.05) is 24.5 Å². The molecule has 0 radical (unpaired) electrons. The monoisotopic (exact) mass is 278 g/mol. The van der Waals surface area contributed by atoms with Crippen LogP contribution in [0.15, 0.2) is 48.7 Å². The summed E-state index contributed by atoms with van der Waals surface area (Å²) in [6.07, 6.45) is 1.65. The quantitative estimate of drug-likeness (QED) is 0.704. The van der Waals surface area contributed by atoms with Crippen molar-refractivity contribution in [3.63, 3.8) is 0 Å². The molecule has 0 aliphatic carbocycles. The van der Waals surface area contributed by atoms with Crippen LogP contribution in [0.2, 0.25) is 0 Å². The molecule has 0 aliphatic rings. The molecule has 0 unspecified atom stereocenters. The predicted octanol–water partition coefficient (Wildman–Crippen LogP) is 2.24. The summed E-state index contributed by atoms with van der Waals surface area (Å²) in [6, 6.07) is 12.8. The summed E-state index contributed by atoms with van der Waals surface area (Å²) in [4.78, 5) is 20.9. The van der Waals surface area contributed by atoms with E-state index < -0.39 is 0 Å². The summed E-state index contributed by atoms with van der Waals surface area (Å²) in [6.45, 7) is 0. The number of rotatable bonds is 2. The summed E-state index contributed by atoms with van der Waals surface area (Å²) in [5, 5.41) is 2.63. The van der Waals surface area contributed by atoms with Crippen LogP contribution < -0.4 is 11.1 Å². The molecule has 0 atom stereocenters. The molecule has 3 N–H and O–H groups in total. The largest absolute Gasteiger partial charge is 0.399 e. The number of nitrogens with zero attached hydrogens (tertiary/aromatic N) is 2. The van der Waals surface area contributed by atoms with Gasteiger partial charge in [0.15, 0.2) is 0 Å². The van der Waals surface area contributed by atoms with Crippen LogP contribution in [0.5, 0.6) is 0 Å². The van der Waals surface area contributed by atoms with E-state index in [9.17, 15) is 4.79 Å². The number of fused-ring (bicyclic) bond motifs is 1. The molecule has 1 amide bonds. The van der Waals surface area contributed by atoms with Gasteiger partial charge in [0.2, 0.25) is 0 Å². The van der Waals surface area contributed by atoms with E-state index in [4.69, 9.17) is 5.73 Å². The number of nitrogens with one attached hydrogen (secondary N) is 1. The lowest BCUT2D eigenvalue weighted by Gasteiger charge is -2.08. The third-order valence-corrected chi connectivity index (χ3v) is 3.24. The van der Waals surface area contributed by atoms with Crippen molar-refractivity contribution in [3.05, 3.63) is 54.2 Å². The fourth-order valence-electron chi connectivity index (χ4n) is 2.17. The molecule has 2 aromatic heterocycles. The zero-order valence-electron chi connectivity index (χ0n) is 11.5.